The van der Waals surface area contributed by atoms with Crippen LogP contribution in [0, 0.1) is 5.41 Å². The minimum atomic E-state index is -0.833. The third kappa shape index (κ3) is 6.30. The number of nitrogen functional groups attached to an aromatic ring is 1. The molecule has 0 saturated carbocycles. The lowest BCUT2D eigenvalue weighted by atomic mass is 10.0. The first-order chi connectivity index (χ1) is 18.8. The van der Waals surface area contributed by atoms with Crippen molar-refractivity contribution in [2.75, 3.05) is 25.6 Å². The van der Waals surface area contributed by atoms with Gasteiger partial charge in [-0.25, -0.2) is 14.8 Å². The van der Waals surface area contributed by atoms with E-state index in [2.05, 4.69) is 25.4 Å². The van der Waals surface area contributed by atoms with Gasteiger partial charge in [-0.3, -0.25) is 15.2 Å². The number of benzene rings is 2. The molecule has 14 heteroatoms. The highest BCUT2D eigenvalue weighted by Crippen LogP contribution is 2.42. The number of nitrogens with two attached hydrogens (primary N) is 1. The average Bonchev–Trinajstić information content (AvgIpc) is 3.32. The van der Waals surface area contributed by atoms with Gasteiger partial charge in [0.05, 0.1) is 7.11 Å². The fourth-order valence-corrected chi connectivity index (χ4v) is 3.69. The van der Waals surface area contributed by atoms with E-state index < -0.39 is 17.7 Å². The standard InChI is InChI=1S/C23H22N8O4.C2H4O2/c1-33-16-11-14(12-17-19(16)35-10-9-34-17)18(28-15-5-3-13(4-6-15)20(24)25)21-29-23(32)31(30-21)22-26-7-2-8-27-22;1-2(3)4/h2-8,11-12,18,28H,9-10H2,1H3,(H3,24,25)(H,29,30,32);1H3,(H,3,4)/t18-;/m0./s1. The third-order valence-electron chi connectivity index (χ3n) is 5.34. The van der Waals surface area contributed by atoms with Crippen molar-refractivity contribution in [1.29, 1.82) is 5.41 Å². The predicted octanol–water partition coefficient (Wildman–Crippen LogP) is 1.71. The number of aliphatic carboxylic acids is 1. The second-order valence-corrected chi connectivity index (χ2v) is 8.11. The maximum absolute atomic E-state index is 12.7. The van der Waals surface area contributed by atoms with E-state index >= 15 is 0 Å². The third-order valence-corrected chi connectivity index (χ3v) is 5.34. The van der Waals surface area contributed by atoms with E-state index in [-0.39, 0.29) is 11.8 Å². The number of nitrogens with zero attached hydrogens (tertiary/aromatic N) is 4. The molecular formula is C25H26N8O6. The van der Waals surface area contributed by atoms with Gasteiger partial charge in [-0.1, -0.05) is 0 Å². The van der Waals surface area contributed by atoms with Crippen LogP contribution in [-0.4, -0.2) is 62.0 Å². The number of aromatic nitrogens is 5. The highest BCUT2D eigenvalue weighted by molar-refractivity contribution is 5.95. The van der Waals surface area contributed by atoms with E-state index in [0.29, 0.717) is 53.1 Å². The second-order valence-electron chi connectivity index (χ2n) is 8.11. The van der Waals surface area contributed by atoms with Gasteiger partial charge in [-0.05, 0) is 48.0 Å². The number of carboxylic acids is 1. The van der Waals surface area contributed by atoms with Crippen LogP contribution in [0.5, 0.6) is 17.2 Å². The van der Waals surface area contributed by atoms with Crippen molar-refractivity contribution in [3.05, 3.63) is 82.3 Å². The lowest BCUT2D eigenvalue weighted by Crippen LogP contribution is -2.19. The van der Waals surface area contributed by atoms with Crippen LogP contribution in [0.2, 0.25) is 0 Å². The van der Waals surface area contributed by atoms with Gasteiger partial charge >= 0.3 is 5.69 Å². The molecule has 0 bridgehead atoms. The normalized spacial score (nSPS) is 12.5. The summed E-state index contributed by atoms with van der Waals surface area (Å²) >= 11 is 0. The van der Waals surface area contributed by atoms with Crippen molar-refractivity contribution < 1.29 is 24.1 Å². The molecule has 1 aliphatic heterocycles. The predicted molar refractivity (Wildman–Crippen MR) is 140 cm³/mol. The highest BCUT2D eigenvalue weighted by Gasteiger charge is 2.26. The topological polar surface area (TPSA) is 203 Å². The van der Waals surface area contributed by atoms with Crippen molar-refractivity contribution in [1.82, 2.24) is 24.7 Å². The molecule has 0 aliphatic carbocycles. The van der Waals surface area contributed by atoms with Gasteiger partial charge in [0.1, 0.15) is 25.1 Å². The molecule has 14 nitrogen and oxygen atoms in total. The smallest absolute Gasteiger partial charge is 0.350 e. The van der Waals surface area contributed by atoms with Crippen molar-refractivity contribution in [3.63, 3.8) is 0 Å². The number of methoxy groups -OCH3 is 1. The summed E-state index contributed by atoms with van der Waals surface area (Å²) in [5, 5.41) is 22.9. The summed E-state index contributed by atoms with van der Waals surface area (Å²) in [5.41, 5.74) is 7.09. The van der Waals surface area contributed by atoms with Crippen molar-refractivity contribution >= 4 is 17.5 Å². The summed E-state index contributed by atoms with van der Waals surface area (Å²) in [5.74, 6) is 1.13. The number of aromatic amines is 1. The molecule has 5 rings (SSSR count). The second kappa shape index (κ2) is 11.8. The number of amidine groups is 1. The Hall–Kier alpha value is -5.40. The number of hydrogen-bond donors (Lipinski definition) is 5. The summed E-state index contributed by atoms with van der Waals surface area (Å²) in [6.07, 6.45) is 3.06. The number of rotatable bonds is 7. The molecular weight excluding hydrogens is 508 g/mol. The highest BCUT2D eigenvalue weighted by atomic mass is 16.6. The molecule has 2 aromatic carbocycles. The van der Waals surface area contributed by atoms with Gasteiger partial charge in [-0.15, -0.1) is 9.78 Å². The maximum atomic E-state index is 12.7. The number of nitrogens with one attached hydrogen (secondary N) is 3. The molecule has 0 fully saturated rings. The summed E-state index contributed by atoms with van der Waals surface area (Å²) < 4.78 is 18.2. The molecule has 39 heavy (non-hydrogen) atoms. The SMILES string of the molecule is CC(=O)O.COc1cc([C@H](Nc2ccc(C(=N)N)cc2)c2nn(-c3ncccn3)c(=O)[nH]2)cc2c1OCCO2. The lowest BCUT2D eigenvalue weighted by Gasteiger charge is -2.24. The molecule has 0 spiro atoms. The first-order valence-corrected chi connectivity index (χ1v) is 11.6. The van der Waals surface area contributed by atoms with E-state index in [1.807, 2.05) is 6.07 Å². The van der Waals surface area contributed by atoms with Gasteiger partial charge in [-0.2, -0.15) is 0 Å². The number of ether oxygens (including phenoxy) is 3. The molecule has 0 radical (unpaired) electrons. The Balaban J connectivity index is 0.000000826. The summed E-state index contributed by atoms with van der Waals surface area (Å²) in [4.78, 5) is 32.8. The van der Waals surface area contributed by atoms with Gasteiger partial charge in [0, 0.05) is 30.6 Å². The molecule has 1 atom stereocenters. The number of carboxylic acid groups (broad SMARTS) is 1. The Morgan fingerprint density at radius 3 is 2.51 bits per heavy atom. The molecule has 1 aliphatic rings. The minimum Gasteiger partial charge on any atom is -0.493 e. The zero-order chi connectivity index (χ0) is 27.9. The average molecular weight is 535 g/mol. The molecule has 3 heterocycles. The van der Waals surface area contributed by atoms with Crippen molar-refractivity contribution in [2.45, 2.75) is 13.0 Å². The molecule has 0 unspecified atom stereocenters. The molecule has 0 saturated heterocycles. The van der Waals surface area contributed by atoms with Gasteiger partial charge in [0.25, 0.3) is 11.9 Å². The number of carbonyl (C=O) groups is 1. The number of H-pyrrole nitrogens is 1. The van der Waals surface area contributed by atoms with Crippen LogP contribution in [0.3, 0.4) is 0 Å². The fourth-order valence-electron chi connectivity index (χ4n) is 3.69. The van der Waals surface area contributed by atoms with E-state index in [1.54, 1.807) is 43.5 Å². The maximum Gasteiger partial charge on any atom is 0.350 e. The summed E-state index contributed by atoms with van der Waals surface area (Å²) in [6, 6.07) is 11.7. The van der Waals surface area contributed by atoms with E-state index in [9.17, 15) is 4.79 Å². The Bertz CT molecular complexity index is 1500. The molecule has 202 valence electrons. The number of anilines is 1. The first kappa shape index (κ1) is 26.7. The van der Waals surface area contributed by atoms with Crippen LogP contribution < -0.4 is 31.0 Å². The number of fused-ring (bicyclic) bond motifs is 1. The van der Waals surface area contributed by atoms with Crippen LogP contribution in [0.15, 0.2) is 59.7 Å². The first-order valence-electron chi connectivity index (χ1n) is 11.6. The summed E-state index contributed by atoms with van der Waals surface area (Å²) in [6.45, 7) is 1.91. The van der Waals surface area contributed by atoms with Gasteiger partial charge < -0.3 is 30.4 Å². The minimum absolute atomic E-state index is 0.0318. The zero-order valence-corrected chi connectivity index (χ0v) is 21.0. The van der Waals surface area contributed by atoms with Gasteiger partial charge in [0.2, 0.25) is 5.75 Å². The van der Waals surface area contributed by atoms with Crippen molar-refractivity contribution in [3.8, 4) is 23.2 Å². The van der Waals surface area contributed by atoms with E-state index in [0.717, 1.165) is 11.6 Å². The monoisotopic (exact) mass is 534 g/mol. The van der Waals surface area contributed by atoms with Crippen LogP contribution in [0.4, 0.5) is 5.69 Å². The molecule has 2 aromatic heterocycles. The fraction of sp³-hybridized carbons (Fsp3) is 0.200. The largest absolute Gasteiger partial charge is 0.493 e. The van der Waals surface area contributed by atoms with Gasteiger partial charge in [0.15, 0.2) is 17.3 Å². The van der Waals surface area contributed by atoms with E-state index in [4.69, 9.17) is 35.3 Å². The zero-order valence-electron chi connectivity index (χ0n) is 21.0. The van der Waals surface area contributed by atoms with Crippen LogP contribution in [-0.2, 0) is 4.79 Å². The van der Waals surface area contributed by atoms with Crippen molar-refractivity contribution in [2.24, 2.45) is 5.73 Å². The van der Waals surface area contributed by atoms with E-state index in [1.165, 1.54) is 12.4 Å². The Labute approximate surface area is 221 Å². The molecule has 4 aromatic rings. The lowest BCUT2D eigenvalue weighted by molar-refractivity contribution is -0.134. The summed E-state index contributed by atoms with van der Waals surface area (Å²) in [7, 11) is 1.55. The number of hydrogen-bond acceptors (Lipinski definition) is 10. The Kier molecular flexibility index (Phi) is 8.04. The van der Waals surface area contributed by atoms with Crippen LogP contribution in [0.1, 0.15) is 29.9 Å². The Morgan fingerprint density at radius 1 is 1.21 bits per heavy atom. The quantitative estimate of drug-likeness (QED) is 0.170. The molecule has 6 N–H and O–H groups in total. The Morgan fingerprint density at radius 2 is 1.87 bits per heavy atom. The van der Waals surface area contributed by atoms with Crippen LogP contribution in [0.25, 0.3) is 5.95 Å². The van der Waals surface area contributed by atoms with Crippen LogP contribution >= 0.6 is 0 Å². The molecule has 0 amide bonds.